The van der Waals surface area contributed by atoms with Crippen molar-refractivity contribution in [2.24, 2.45) is 23.2 Å². The molecule has 9 N–H and O–H groups in total. The van der Waals surface area contributed by atoms with Gasteiger partial charge in [-0.15, -0.1) is 0 Å². The summed E-state index contributed by atoms with van der Waals surface area (Å²) in [5.74, 6) is 10.8. The lowest BCUT2D eigenvalue weighted by molar-refractivity contribution is -0.116. The molecule has 0 radical (unpaired) electrons. The third kappa shape index (κ3) is 4.69. The first-order valence-electron chi connectivity index (χ1n) is 6.56. The van der Waals surface area contributed by atoms with Crippen molar-refractivity contribution in [3.05, 3.63) is 29.8 Å². The Morgan fingerprint density at radius 1 is 1.13 bits per heavy atom. The Bertz CT molecular complexity index is 644. The molecule has 0 fully saturated rings. The number of benzene rings is 1. The van der Waals surface area contributed by atoms with Crippen LogP contribution in [-0.4, -0.2) is 24.5 Å². The fourth-order valence-corrected chi connectivity index (χ4v) is 1.69. The number of carbonyl (C=O) groups excluding carboxylic acids is 3. The smallest absolute Gasteiger partial charge is 0.333 e. The predicted octanol–water partition coefficient (Wildman–Crippen LogP) is -0.646. The van der Waals surface area contributed by atoms with Crippen LogP contribution in [-0.2, 0) is 4.79 Å². The SMILES string of the molecule is CCNC(=O)C=Cc1cc(N(N)C(N)=O)ccc1N(N)C(N)=O. The second-order valence-corrected chi connectivity index (χ2v) is 4.39. The summed E-state index contributed by atoms with van der Waals surface area (Å²) in [6.07, 6.45) is 2.65. The third-order valence-corrected chi connectivity index (χ3v) is 2.79. The van der Waals surface area contributed by atoms with E-state index in [1.165, 1.54) is 30.4 Å². The largest absolute Gasteiger partial charge is 0.353 e. The van der Waals surface area contributed by atoms with E-state index in [1.807, 2.05) is 0 Å². The number of nitrogens with two attached hydrogens (primary N) is 4. The average molecular weight is 321 g/mol. The molecule has 1 aromatic carbocycles. The van der Waals surface area contributed by atoms with Gasteiger partial charge in [0.2, 0.25) is 5.91 Å². The van der Waals surface area contributed by atoms with Crippen molar-refractivity contribution >= 4 is 35.4 Å². The molecule has 0 aliphatic carbocycles. The number of amides is 5. The molecule has 5 amide bonds. The van der Waals surface area contributed by atoms with Crippen molar-refractivity contribution in [1.82, 2.24) is 5.32 Å². The highest BCUT2D eigenvalue weighted by Crippen LogP contribution is 2.25. The number of primary amides is 2. The van der Waals surface area contributed by atoms with Gasteiger partial charge in [0.05, 0.1) is 11.4 Å². The average Bonchev–Trinajstić information content (AvgIpc) is 2.51. The van der Waals surface area contributed by atoms with E-state index in [2.05, 4.69) is 5.32 Å². The molecule has 0 bridgehead atoms. The van der Waals surface area contributed by atoms with Gasteiger partial charge >= 0.3 is 12.1 Å². The van der Waals surface area contributed by atoms with Crippen molar-refractivity contribution in [1.29, 1.82) is 0 Å². The Morgan fingerprint density at radius 2 is 1.74 bits per heavy atom. The summed E-state index contributed by atoms with van der Waals surface area (Å²) in [5, 5.41) is 3.98. The fourth-order valence-electron chi connectivity index (χ4n) is 1.69. The second kappa shape index (κ2) is 7.77. The van der Waals surface area contributed by atoms with Crippen LogP contribution in [0.15, 0.2) is 24.3 Å². The van der Waals surface area contributed by atoms with Gasteiger partial charge in [-0.2, -0.15) is 0 Å². The van der Waals surface area contributed by atoms with Gasteiger partial charge in [-0.25, -0.2) is 31.3 Å². The highest BCUT2D eigenvalue weighted by atomic mass is 16.2. The monoisotopic (exact) mass is 321 g/mol. The molecule has 0 unspecified atom stereocenters. The Morgan fingerprint density at radius 3 is 2.26 bits per heavy atom. The summed E-state index contributed by atoms with van der Waals surface area (Å²) in [7, 11) is 0. The number of carbonyl (C=O) groups is 3. The van der Waals surface area contributed by atoms with Crippen LogP contribution in [0.5, 0.6) is 0 Å². The number of hydrazine groups is 2. The molecule has 1 aromatic rings. The maximum Gasteiger partial charge on any atom is 0.333 e. The molecule has 0 saturated carbocycles. The van der Waals surface area contributed by atoms with Crippen LogP contribution in [0, 0.1) is 0 Å². The van der Waals surface area contributed by atoms with E-state index in [0.29, 0.717) is 22.1 Å². The van der Waals surface area contributed by atoms with E-state index in [1.54, 1.807) is 6.92 Å². The Kier molecular flexibility index (Phi) is 6.06. The molecular weight excluding hydrogens is 302 g/mol. The molecule has 0 atom stereocenters. The first-order chi connectivity index (χ1) is 10.8. The van der Waals surface area contributed by atoms with E-state index in [-0.39, 0.29) is 17.3 Å². The molecular formula is C13H19N7O3. The Balaban J connectivity index is 3.28. The quantitative estimate of drug-likeness (QED) is 0.209. The summed E-state index contributed by atoms with van der Waals surface area (Å²) in [6.45, 7) is 2.23. The number of hydrogen-bond donors (Lipinski definition) is 5. The molecule has 10 heteroatoms. The minimum atomic E-state index is -0.898. The third-order valence-electron chi connectivity index (χ3n) is 2.79. The fraction of sp³-hybridized carbons (Fsp3) is 0.154. The zero-order valence-electron chi connectivity index (χ0n) is 12.5. The van der Waals surface area contributed by atoms with Crippen LogP contribution >= 0.6 is 0 Å². The van der Waals surface area contributed by atoms with Gasteiger partial charge < -0.3 is 16.8 Å². The van der Waals surface area contributed by atoms with Crippen LogP contribution in [0.2, 0.25) is 0 Å². The summed E-state index contributed by atoms with van der Waals surface area (Å²) in [4.78, 5) is 33.9. The number of likely N-dealkylation sites (N-methyl/N-ethyl adjacent to an activating group) is 1. The molecule has 0 aromatic heterocycles. The van der Waals surface area contributed by atoms with Gasteiger partial charge in [-0.1, -0.05) is 0 Å². The van der Waals surface area contributed by atoms with E-state index < -0.39 is 12.1 Å². The number of urea groups is 2. The van der Waals surface area contributed by atoms with Crippen LogP contribution in [0.3, 0.4) is 0 Å². The van der Waals surface area contributed by atoms with Crippen molar-refractivity contribution in [3.8, 4) is 0 Å². The van der Waals surface area contributed by atoms with Crippen molar-refractivity contribution < 1.29 is 14.4 Å². The number of nitrogens with zero attached hydrogens (tertiary/aromatic N) is 2. The van der Waals surface area contributed by atoms with Gasteiger partial charge in [0.1, 0.15) is 0 Å². The number of nitrogens with one attached hydrogen (secondary N) is 1. The van der Waals surface area contributed by atoms with Gasteiger partial charge in [0.25, 0.3) is 0 Å². The van der Waals surface area contributed by atoms with Crippen LogP contribution in [0.4, 0.5) is 21.0 Å². The number of anilines is 2. The van der Waals surface area contributed by atoms with Gasteiger partial charge in [-0.3, -0.25) is 4.79 Å². The molecule has 23 heavy (non-hydrogen) atoms. The molecule has 124 valence electrons. The Labute approximate surface area is 132 Å². The van der Waals surface area contributed by atoms with E-state index in [4.69, 9.17) is 23.2 Å². The van der Waals surface area contributed by atoms with E-state index in [0.717, 1.165) is 0 Å². The highest BCUT2D eigenvalue weighted by molar-refractivity contribution is 5.97. The van der Waals surface area contributed by atoms with Crippen molar-refractivity contribution in [2.75, 3.05) is 16.6 Å². The summed E-state index contributed by atoms with van der Waals surface area (Å²) in [6, 6.07) is 2.49. The van der Waals surface area contributed by atoms with E-state index in [9.17, 15) is 14.4 Å². The minimum Gasteiger partial charge on any atom is -0.353 e. The number of hydrogen-bond acceptors (Lipinski definition) is 5. The first-order valence-corrected chi connectivity index (χ1v) is 6.56. The molecule has 0 spiro atoms. The summed E-state index contributed by atoms with van der Waals surface area (Å²) in [5.41, 5.74) is 11.0. The maximum absolute atomic E-state index is 11.5. The predicted molar refractivity (Wildman–Crippen MR) is 86.7 cm³/mol. The number of rotatable bonds is 5. The molecule has 0 aliphatic rings. The molecule has 0 aliphatic heterocycles. The van der Waals surface area contributed by atoms with Crippen molar-refractivity contribution in [3.63, 3.8) is 0 Å². The van der Waals surface area contributed by atoms with Crippen LogP contribution in [0.1, 0.15) is 12.5 Å². The molecule has 0 saturated heterocycles. The second-order valence-electron chi connectivity index (χ2n) is 4.39. The minimum absolute atomic E-state index is 0.222. The lowest BCUT2D eigenvalue weighted by Crippen LogP contribution is -2.43. The van der Waals surface area contributed by atoms with Gasteiger partial charge in [0.15, 0.2) is 0 Å². The summed E-state index contributed by atoms with van der Waals surface area (Å²) < 4.78 is 0. The topological polar surface area (TPSA) is 174 Å². The zero-order valence-corrected chi connectivity index (χ0v) is 12.5. The molecule has 0 heterocycles. The maximum atomic E-state index is 11.5. The standard InChI is InChI=1S/C13H19N7O3/c1-2-18-11(21)6-3-8-7-9(19(16)12(14)22)4-5-10(8)20(17)13(15)23/h3-7H,2,16-17H2,1H3,(H2,14,22)(H2,15,23)(H,18,21). The lowest BCUT2D eigenvalue weighted by Gasteiger charge is -2.20. The Hall–Kier alpha value is -3.11. The van der Waals surface area contributed by atoms with Crippen molar-refractivity contribution in [2.45, 2.75) is 6.92 Å². The summed E-state index contributed by atoms with van der Waals surface area (Å²) >= 11 is 0. The molecule has 1 rings (SSSR count). The van der Waals surface area contributed by atoms with Gasteiger partial charge in [0, 0.05) is 18.2 Å². The highest BCUT2D eigenvalue weighted by Gasteiger charge is 2.15. The normalized spacial score (nSPS) is 10.4. The lowest BCUT2D eigenvalue weighted by atomic mass is 10.1. The van der Waals surface area contributed by atoms with Gasteiger partial charge in [-0.05, 0) is 31.2 Å². The van der Waals surface area contributed by atoms with E-state index >= 15 is 0 Å². The van der Waals surface area contributed by atoms with Crippen LogP contribution in [0.25, 0.3) is 6.08 Å². The zero-order chi connectivity index (χ0) is 17.6. The first kappa shape index (κ1) is 17.9. The molecule has 10 nitrogen and oxygen atoms in total. The van der Waals surface area contributed by atoms with Crippen LogP contribution < -0.4 is 38.5 Å².